The largest absolute Gasteiger partial charge is 0.385 e. The maximum atomic E-state index is 12.2. The van der Waals surface area contributed by atoms with Gasteiger partial charge in [0.1, 0.15) is 0 Å². The average molecular weight is 316 g/mol. The van der Waals surface area contributed by atoms with Crippen molar-refractivity contribution in [3.05, 3.63) is 46.5 Å². The van der Waals surface area contributed by atoms with Crippen molar-refractivity contribution in [2.24, 2.45) is 0 Å². The Morgan fingerprint density at radius 1 is 1.32 bits per heavy atom. The Morgan fingerprint density at radius 3 is 2.77 bits per heavy atom. The van der Waals surface area contributed by atoms with E-state index in [4.69, 9.17) is 0 Å². The number of nitrogens with one attached hydrogen (secondary N) is 1. The van der Waals surface area contributed by atoms with Crippen LogP contribution in [0.4, 0.5) is 5.13 Å². The van der Waals surface area contributed by atoms with E-state index in [1.54, 1.807) is 18.3 Å². The highest BCUT2D eigenvalue weighted by atomic mass is 32.1. The molecule has 5 heteroatoms. The molecule has 2 aromatic rings. The summed E-state index contributed by atoms with van der Waals surface area (Å²) in [5.41, 5.74) is 0.687. The molecule has 3 rings (SSSR count). The normalized spacial score (nSPS) is 16.6. The molecule has 116 valence electrons. The lowest BCUT2D eigenvalue weighted by Gasteiger charge is -2.22. The van der Waals surface area contributed by atoms with Crippen LogP contribution in [0.15, 0.2) is 30.3 Å². The number of aryl methyl sites for hydroxylation is 2. The quantitative estimate of drug-likeness (QED) is 0.910. The van der Waals surface area contributed by atoms with Crippen molar-refractivity contribution >= 4 is 22.4 Å². The van der Waals surface area contributed by atoms with Crippen molar-refractivity contribution in [3.8, 4) is 0 Å². The summed E-state index contributed by atoms with van der Waals surface area (Å²) in [5.74, 6) is -0.208. The lowest BCUT2D eigenvalue weighted by Crippen LogP contribution is -2.28. The molecule has 1 amide bonds. The van der Waals surface area contributed by atoms with Gasteiger partial charge in [0.2, 0.25) is 5.91 Å². The highest BCUT2D eigenvalue weighted by Crippen LogP contribution is 2.30. The van der Waals surface area contributed by atoms with Gasteiger partial charge in [-0.1, -0.05) is 30.3 Å². The van der Waals surface area contributed by atoms with Gasteiger partial charge in [-0.2, -0.15) is 0 Å². The Hall–Kier alpha value is -1.72. The molecule has 1 unspecified atom stereocenters. The number of aliphatic hydroxyl groups is 1. The van der Waals surface area contributed by atoms with Crippen LogP contribution in [0.3, 0.4) is 0 Å². The number of carbonyl (C=O) groups is 1. The van der Waals surface area contributed by atoms with E-state index in [1.807, 2.05) is 30.3 Å². The molecule has 0 radical (unpaired) electrons. The van der Waals surface area contributed by atoms with Gasteiger partial charge in [-0.25, -0.2) is 4.98 Å². The van der Waals surface area contributed by atoms with Gasteiger partial charge in [0.25, 0.3) is 0 Å². The van der Waals surface area contributed by atoms with Crippen LogP contribution in [0, 0.1) is 0 Å². The zero-order valence-electron chi connectivity index (χ0n) is 12.6. The summed E-state index contributed by atoms with van der Waals surface area (Å²) in [6, 6.07) is 9.26. The Kier molecular flexibility index (Phi) is 4.27. The number of fused-ring (bicyclic) bond motifs is 1. The van der Waals surface area contributed by atoms with E-state index in [0.29, 0.717) is 5.13 Å². The van der Waals surface area contributed by atoms with E-state index >= 15 is 0 Å². The molecule has 1 heterocycles. The standard InChI is InChI=1S/C17H20N2O2S/c1-17(21,12-7-3-2-4-8-12)11-15(20)19-16-18-13-9-5-6-10-14(13)22-16/h2-4,7-8,21H,5-6,9-11H2,1H3,(H,18,19,20). The van der Waals surface area contributed by atoms with Gasteiger partial charge < -0.3 is 10.4 Å². The molecule has 2 N–H and O–H groups in total. The van der Waals surface area contributed by atoms with E-state index in [9.17, 15) is 9.90 Å². The first-order valence-corrected chi connectivity index (χ1v) is 8.42. The van der Waals surface area contributed by atoms with Crippen molar-refractivity contribution < 1.29 is 9.90 Å². The molecular weight excluding hydrogens is 296 g/mol. The lowest BCUT2D eigenvalue weighted by molar-refractivity contribution is -0.120. The summed E-state index contributed by atoms with van der Waals surface area (Å²) in [6.07, 6.45) is 4.45. The van der Waals surface area contributed by atoms with E-state index in [-0.39, 0.29) is 12.3 Å². The maximum Gasteiger partial charge on any atom is 0.229 e. The number of nitrogens with zero attached hydrogens (tertiary/aromatic N) is 1. The molecule has 1 aliphatic carbocycles. The van der Waals surface area contributed by atoms with Crippen LogP contribution in [0.5, 0.6) is 0 Å². The van der Waals surface area contributed by atoms with Gasteiger partial charge in [-0.05, 0) is 38.2 Å². The van der Waals surface area contributed by atoms with Crippen LogP contribution in [-0.4, -0.2) is 16.0 Å². The van der Waals surface area contributed by atoms with Crippen LogP contribution in [0.1, 0.15) is 42.3 Å². The first-order valence-electron chi connectivity index (χ1n) is 7.61. The number of hydrogen-bond donors (Lipinski definition) is 2. The first-order chi connectivity index (χ1) is 10.5. The summed E-state index contributed by atoms with van der Waals surface area (Å²) < 4.78 is 0. The van der Waals surface area contributed by atoms with E-state index in [1.165, 1.54) is 17.7 Å². The Bertz CT molecular complexity index is 641. The van der Waals surface area contributed by atoms with Crippen molar-refractivity contribution in [2.75, 3.05) is 5.32 Å². The first kappa shape index (κ1) is 15.2. The summed E-state index contributed by atoms with van der Waals surface area (Å²) in [5, 5.41) is 14.0. The van der Waals surface area contributed by atoms with E-state index in [2.05, 4.69) is 10.3 Å². The molecule has 1 aromatic heterocycles. The fraction of sp³-hybridized carbons (Fsp3) is 0.412. The van der Waals surface area contributed by atoms with Crippen molar-refractivity contribution in [1.29, 1.82) is 0 Å². The SMILES string of the molecule is CC(O)(CC(=O)Nc1nc2c(s1)CCCC2)c1ccccc1. The van der Waals surface area contributed by atoms with E-state index in [0.717, 1.165) is 24.1 Å². The molecule has 22 heavy (non-hydrogen) atoms. The predicted molar refractivity (Wildman–Crippen MR) is 88.0 cm³/mol. The second-order valence-electron chi connectivity index (χ2n) is 5.96. The summed E-state index contributed by atoms with van der Waals surface area (Å²) in [7, 11) is 0. The molecule has 0 fully saturated rings. The van der Waals surface area contributed by atoms with Gasteiger partial charge in [0.15, 0.2) is 5.13 Å². The zero-order valence-corrected chi connectivity index (χ0v) is 13.4. The Balaban J connectivity index is 1.66. The van der Waals surface area contributed by atoms with Crippen LogP contribution in [-0.2, 0) is 23.2 Å². The average Bonchev–Trinajstić information content (AvgIpc) is 2.89. The molecule has 4 nitrogen and oxygen atoms in total. The molecule has 0 saturated carbocycles. The summed E-state index contributed by atoms with van der Waals surface area (Å²) >= 11 is 1.56. The van der Waals surface area contributed by atoms with Gasteiger partial charge in [-0.3, -0.25) is 4.79 Å². The third-order valence-electron chi connectivity index (χ3n) is 3.99. The predicted octanol–water partition coefficient (Wildman–Crippen LogP) is 3.26. The van der Waals surface area contributed by atoms with Crippen LogP contribution >= 0.6 is 11.3 Å². The smallest absolute Gasteiger partial charge is 0.229 e. The minimum absolute atomic E-state index is 0.0151. The van der Waals surface area contributed by atoms with Gasteiger partial charge in [0.05, 0.1) is 17.7 Å². The number of thiazole rings is 1. The lowest BCUT2D eigenvalue weighted by atomic mass is 9.92. The number of benzene rings is 1. The minimum atomic E-state index is -1.18. The number of carbonyl (C=O) groups excluding carboxylic acids is 1. The monoisotopic (exact) mass is 316 g/mol. The third kappa shape index (κ3) is 3.36. The molecule has 1 aromatic carbocycles. The molecule has 0 bridgehead atoms. The van der Waals surface area contributed by atoms with Gasteiger partial charge >= 0.3 is 0 Å². The highest BCUT2D eigenvalue weighted by Gasteiger charge is 2.27. The number of anilines is 1. The topological polar surface area (TPSA) is 62.2 Å². The van der Waals surface area contributed by atoms with Gasteiger partial charge in [-0.15, -0.1) is 11.3 Å². The minimum Gasteiger partial charge on any atom is -0.385 e. The molecule has 0 aliphatic heterocycles. The molecule has 0 saturated heterocycles. The molecular formula is C17H20N2O2S. The van der Waals surface area contributed by atoms with Crippen LogP contribution < -0.4 is 5.32 Å². The molecule has 0 spiro atoms. The van der Waals surface area contributed by atoms with Crippen LogP contribution in [0.2, 0.25) is 0 Å². The van der Waals surface area contributed by atoms with E-state index < -0.39 is 5.60 Å². The number of rotatable bonds is 4. The fourth-order valence-corrected chi connectivity index (χ4v) is 3.85. The number of hydrogen-bond acceptors (Lipinski definition) is 4. The Labute approximate surface area is 134 Å². The van der Waals surface area contributed by atoms with Crippen molar-refractivity contribution in [1.82, 2.24) is 4.98 Å². The molecule has 1 atom stereocenters. The highest BCUT2D eigenvalue weighted by molar-refractivity contribution is 7.15. The second kappa shape index (κ2) is 6.18. The maximum absolute atomic E-state index is 12.2. The van der Waals surface area contributed by atoms with Gasteiger partial charge in [0, 0.05) is 4.88 Å². The van der Waals surface area contributed by atoms with Crippen molar-refractivity contribution in [3.63, 3.8) is 0 Å². The zero-order chi connectivity index (χ0) is 15.6. The Morgan fingerprint density at radius 2 is 2.05 bits per heavy atom. The summed E-state index contributed by atoms with van der Waals surface area (Å²) in [6.45, 7) is 1.66. The van der Waals surface area contributed by atoms with Crippen molar-refractivity contribution in [2.45, 2.75) is 44.6 Å². The summed E-state index contributed by atoms with van der Waals surface area (Å²) in [4.78, 5) is 18.0. The molecule has 1 aliphatic rings. The third-order valence-corrected chi connectivity index (χ3v) is 5.07. The number of amides is 1. The number of aromatic nitrogens is 1. The fourth-order valence-electron chi connectivity index (χ4n) is 2.78. The van der Waals surface area contributed by atoms with Crippen LogP contribution in [0.25, 0.3) is 0 Å². The second-order valence-corrected chi connectivity index (χ2v) is 7.04.